The van der Waals surface area contributed by atoms with Crippen molar-refractivity contribution in [3.8, 4) is 0 Å². The molecule has 0 radical (unpaired) electrons. The van der Waals surface area contributed by atoms with Crippen LogP contribution in [-0.2, 0) is 22.8 Å². The van der Waals surface area contributed by atoms with Gasteiger partial charge in [-0.05, 0) is 0 Å². The van der Waals surface area contributed by atoms with E-state index in [4.69, 9.17) is 0 Å². The molecule has 3 aliphatic rings. The molecule has 0 atom stereocenters. The summed E-state index contributed by atoms with van der Waals surface area (Å²) in [7, 11) is 0. The van der Waals surface area contributed by atoms with Gasteiger partial charge in [0.05, 0.1) is 0 Å². The number of halogens is 2. The van der Waals surface area contributed by atoms with Crippen LogP contribution in [0.25, 0.3) is 0 Å². The van der Waals surface area contributed by atoms with Gasteiger partial charge in [0, 0.05) is 0 Å². The van der Waals surface area contributed by atoms with Gasteiger partial charge in [-0.2, -0.15) is 0 Å². The second kappa shape index (κ2) is 9.81. The molecule has 97 valence electrons. The van der Waals surface area contributed by atoms with Crippen LogP contribution in [0.2, 0.25) is 0 Å². The van der Waals surface area contributed by atoms with E-state index < -0.39 is 0 Å². The van der Waals surface area contributed by atoms with Crippen molar-refractivity contribution in [2.24, 2.45) is 0 Å². The average Bonchev–Trinajstić information content (AvgIpc) is 2.91. The van der Waals surface area contributed by atoms with Gasteiger partial charge in [0.1, 0.15) is 0 Å². The van der Waals surface area contributed by atoms with Crippen LogP contribution in [-0.4, -0.2) is 16.1 Å². The van der Waals surface area contributed by atoms with Crippen molar-refractivity contribution in [3.63, 3.8) is 0 Å². The van der Waals surface area contributed by atoms with Crippen molar-refractivity contribution >= 4 is 16.1 Å². The van der Waals surface area contributed by atoms with Crippen molar-refractivity contribution in [1.29, 1.82) is 0 Å². The predicted octanol–water partition coefficient (Wildman–Crippen LogP) is -2.98. The first-order chi connectivity index (χ1) is 8.25. The summed E-state index contributed by atoms with van der Waals surface area (Å²) in [5.74, 6) is 2.07. The second-order valence-electron chi connectivity index (χ2n) is 4.41. The zero-order valence-corrected chi connectivity index (χ0v) is 15.1. The van der Waals surface area contributed by atoms with Crippen LogP contribution in [0.5, 0.6) is 0 Å². The average molecular weight is 369 g/mol. The van der Waals surface area contributed by atoms with Crippen molar-refractivity contribution in [2.75, 3.05) is 0 Å². The van der Waals surface area contributed by atoms with Crippen LogP contribution >= 0.6 is 0 Å². The van der Waals surface area contributed by atoms with E-state index in [2.05, 4.69) is 69.3 Å². The van der Waals surface area contributed by atoms with Crippen molar-refractivity contribution < 1.29 is 47.6 Å². The molecule has 0 fully saturated rings. The first-order valence-electron chi connectivity index (χ1n) is 5.96. The van der Waals surface area contributed by atoms with E-state index in [1.165, 1.54) is 17.5 Å². The Morgan fingerprint density at radius 1 is 1.11 bits per heavy atom. The van der Waals surface area contributed by atoms with Crippen LogP contribution in [0.3, 0.4) is 0 Å². The van der Waals surface area contributed by atoms with Gasteiger partial charge in [0.25, 0.3) is 0 Å². The minimum absolute atomic E-state index is 0. The Kier molecular flexibility index (Phi) is 9.79. The van der Waals surface area contributed by atoms with Gasteiger partial charge in [-0.25, -0.2) is 0 Å². The van der Waals surface area contributed by atoms with Gasteiger partial charge in [-0.1, -0.05) is 0 Å². The summed E-state index contributed by atoms with van der Waals surface area (Å²) >= 11 is -0.220. The van der Waals surface area contributed by atoms with Crippen LogP contribution in [0.15, 0.2) is 56.9 Å². The van der Waals surface area contributed by atoms with E-state index in [9.17, 15) is 0 Å². The molecule has 1 aliphatic heterocycles. The third-order valence-electron chi connectivity index (χ3n) is 2.62. The van der Waals surface area contributed by atoms with Gasteiger partial charge in [0.15, 0.2) is 0 Å². The fourth-order valence-corrected chi connectivity index (χ4v) is 4.43. The van der Waals surface area contributed by atoms with E-state index in [1.807, 2.05) is 0 Å². The SMILES string of the molecule is B1=CC=C2C=CC=C12.C[C](C)=[Zr+2][C]1=CC=CC1.[Cl-].[Cl-]. The minimum Gasteiger partial charge on any atom is -1.00 e. The Balaban J connectivity index is 0.000000309. The molecular formula is C15H16BCl2Zr. The van der Waals surface area contributed by atoms with Crippen LogP contribution in [0.1, 0.15) is 20.3 Å². The fourth-order valence-electron chi connectivity index (χ4n) is 1.87. The molecule has 0 aromatic heterocycles. The molecule has 0 saturated heterocycles. The second-order valence-corrected chi connectivity index (χ2v) is 9.06. The molecule has 0 spiro atoms. The first-order valence-corrected chi connectivity index (χ1v) is 8.41. The number of hydrogen-bond acceptors (Lipinski definition) is 0. The largest absolute Gasteiger partial charge is 1.00 e. The summed E-state index contributed by atoms with van der Waals surface area (Å²) in [6.07, 6.45) is 16.4. The summed E-state index contributed by atoms with van der Waals surface area (Å²) < 4.78 is 3.40. The molecule has 0 amide bonds. The van der Waals surface area contributed by atoms with Crippen molar-refractivity contribution in [1.82, 2.24) is 0 Å². The Hall–Kier alpha value is -0.0319. The van der Waals surface area contributed by atoms with Crippen molar-refractivity contribution in [2.45, 2.75) is 20.3 Å². The molecule has 0 N–H and O–H groups in total. The molecule has 4 heteroatoms. The van der Waals surface area contributed by atoms with Gasteiger partial charge in [0.2, 0.25) is 0 Å². The molecule has 19 heavy (non-hydrogen) atoms. The normalized spacial score (nSPS) is 15.6. The van der Waals surface area contributed by atoms with E-state index in [0.717, 1.165) is 0 Å². The molecule has 0 aromatic carbocycles. The van der Waals surface area contributed by atoms with Crippen molar-refractivity contribution in [3.05, 3.63) is 56.9 Å². The van der Waals surface area contributed by atoms with Gasteiger partial charge >= 0.3 is 116 Å². The summed E-state index contributed by atoms with van der Waals surface area (Å²) in [6.45, 7) is 6.63. The standard InChI is InChI=1S/C7H5B.C5H5.C3H6.2ClH.Zr/c1-2-6-4-5-8-7(6)3-1;1-2-4-5-3-1;1-3-2;;;/h1-5H;1-3H,4H2;1-2H3;2*1H;/q;;;;;+2/p-2. The smallest absolute Gasteiger partial charge is 1.00 e. The van der Waals surface area contributed by atoms with Gasteiger partial charge < -0.3 is 24.8 Å². The number of allylic oxidation sites excluding steroid dienone is 10. The third-order valence-corrected chi connectivity index (χ3v) is 5.55. The van der Waals surface area contributed by atoms with Crippen LogP contribution in [0.4, 0.5) is 0 Å². The van der Waals surface area contributed by atoms with E-state index in [0.29, 0.717) is 0 Å². The van der Waals surface area contributed by atoms with E-state index >= 15 is 0 Å². The zero-order chi connectivity index (χ0) is 12.1. The van der Waals surface area contributed by atoms with Crippen LogP contribution in [0, 0.1) is 0 Å². The quantitative estimate of drug-likeness (QED) is 0.433. The molecule has 0 nitrogen and oxygen atoms in total. The Bertz CT molecular complexity index is 490. The Morgan fingerprint density at radius 3 is 2.47 bits per heavy atom. The Labute approximate surface area is 140 Å². The van der Waals surface area contributed by atoms with Gasteiger partial charge in [-0.15, -0.1) is 0 Å². The minimum atomic E-state index is -0.220. The van der Waals surface area contributed by atoms with E-state index in [1.54, 1.807) is 6.49 Å². The maximum absolute atomic E-state index is 2.29. The first kappa shape index (κ1) is 19.0. The molecule has 3 rings (SSSR count). The number of rotatable bonds is 1. The summed E-state index contributed by atoms with van der Waals surface area (Å²) in [5.41, 5.74) is 2.70. The van der Waals surface area contributed by atoms with Gasteiger partial charge in [-0.3, -0.25) is 0 Å². The zero-order valence-electron chi connectivity index (χ0n) is 11.2. The third kappa shape index (κ3) is 6.30. The van der Waals surface area contributed by atoms with E-state index in [-0.39, 0.29) is 47.6 Å². The molecule has 1 heterocycles. The summed E-state index contributed by atoms with van der Waals surface area (Å²) in [4.78, 5) is 0. The monoisotopic (exact) mass is 367 g/mol. The summed E-state index contributed by atoms with van der Waals surface area (Å²) in [6, 6.07) is 0. The molecule has 0 saturated carbocycles. The summed E-state index contributed by atoms with van der Waals surface area (Å²) in [5, 5.41) is 0. The number of fused-ring (bicyclic) bond motifs is 1. The molecule has 0 unspecified atom stereocenters. The molecule has 2 aliphatic carbocycles. The molecular weight excluding hydrogens is 353 g/mol. The molecule has 0 bridgehead atoms. The number of hydrogen-bond donors (Lipinski definition) is 0. The van der Waals surface area contributed by atoms with Crippen LogP contribution < -0.4 is 24.8 Å². The predicted molar refractivity (Wildman–Crippen MR) is 75.3 cm³/mol. The Morgan fingerprint density at radius 2 is 1.89 bits per heavy atom. The fraction of sp³-hybridized carbons (Fsp3) is 0.200. The topological polar surface area (TPSA) is 0 Å². The molecule has 0 aromatic rings. The maximum atomic E-state index is 2.29. The maximum Gasteiger partial charge on any atom is -1.00 e.